The van der Waals surface area contributed by atoms with Gasteiger partial charge >= 0.3 is 0 Å². The second-order valence-electron chi connectivity index (χ2n) is 15.4. The number of likely N-dealkylation sites (tertiary alicyclic amines) is 1. The Bertz CT molecular complexity index is 1250. The fraction of sp³-hybridized carbons (Fsp3) is 0.744. The summed E-state index contributed by atoms with van der Waals surface area (Å²) >= 11 is 1.65. The summed E-state index contributed by atoms with van der Waals surface area (Å²) in [5.41, 5.74) is 1.26. The van der Waals surface area contributed by atoms with Crippen LogP contribution in [0.2, 0.25) is 0 Å². The molecule has 2 aliphatic rings. The smallest absolute Gasteiger partial charge is 0.245 e. The molecule has 1 saturated carbocycles. The summed E-state index contributed by atoms with van der Waals surface area (Å²) in [6.45, 7) is 12.7. The normalized spacial score (nSPS) is 22.5. The van der Waals surface area contributed by atoms with E-state index in [2.05, 4.69) is 36.6 Å². The van der Waals surface area contributed by atoms with Crippen LogP contribution in [0.1, 0.15) is 91.5 Å². The number of amides is 4. The van der Waals surface area contributed by atoms with Gasteiger partial charge in [-0.2, -0.15) is 11.8 Å². The highest BCUT2D eigenvalue weighted by atomic mass is 32.2. The zero-order valence-electron chi connectivity index (χ0n) is 32.5. The van der Waals surface area contributed by atoms with Crippen LogP contribution in [0.25, 0.3) is 0 Å². The van der Waals surface area contributed by atoms with Crippen LogP contribution >= 0.6 is 11.8 Å². The Hall–Kier alpha value is -2.63. The first kappa shape index (κ1) is 41.8. The molecule has 1 aromatic rings. The van der Waals surface area contributed by atoms with Crippen molar-refractivity contribution in [2.45, 2.75) is 128 Å². The van der Waals surface area contributed by atoms with Gasteiger partial charge in [-0.3, -0.25) is 24.1 Å². The van der Waals surface area contributed by atoms with Crippen molar-refractivity contribution in [1.82, 2.24) is 25.3 Å². The Labute approximate surface area is 306 Å². The predicted molar refractivity (Wildman–Crippen MR) is 203 cm³/mol. The molecule has 11 heteroatoms. The molecule has 1 aliphatic carbocycles. The summed E-state index contributed by atoms with van der Waals surface area (Å²) in [6.07, 6.45) is 5.45. The number of benzene rings is 1. The SMILES string of the molecule is CCC(C)C(C(CC(=O)N1CCCC1C(CC(=O)NC1CC1c1ccccc1)SC)OC)N(C)C(=O)C(NC(=O)C(C(C)C)N(C)C)C(C)C. The van der Waals surface area contributed by atoms with Crippen LogP contribution in [0, 0.1) is 17.8 Å². The third-order valence-corrected chi connectivity index (χ3v) is 12.0. The van der Waals surface area contributed by atoms with Crippen LogP contribution in [0.15, 0.2) is 30.3 Å². The zero-order chi connectivity index (χ0) is 37.3. The minimum atomic E-state index is -0.719. The first-order chi connectivity index (χ1) is 23.7. The number of hydrogen-bond donors (Lipinski definition) is 2. The molecule has 4 amide bonds. The van der Waals surface area contributed by atoms with Crippen molar-refractivity contribution >= 4 is 35.4 Å². The molecule has 0 bridgehead atoms. The maximum Gasteiger partial charge on any atom is 0.245 e. The van der Waals surface area contributed by atoms with Crippen molar-refractivity contribution in [2.24, 2.45) is 17.8 Å². The van der Waals surface area contributed by atoms with Crippen LogP contribution in [0.3, 0.4) is 0 Å². The topological polar surface area (TPSA) is 111 Å². The number of likely N-dealkylation sites (N-methyl/N-ethyl adjacent to an activating group) is 2. The van der Waals surface area contributed by atoms with Gasteiger partial charge in [-0.05, 0) is 62.9 Å². The van der Waals surface area contributed by atoms with Gasteiger partial charge in [-0.25, -0.2) is 0 Å². The van der Waals surface area contributed by atoms with Gasteiger partial charge in [0.15, 0.2) is 0 Å². The van der Waals surface area contributed by atoms with Crippen LogP contribution < -0.4 is 10.6 Å². The van der Waals surface area contributed by atoms with Gasteiger partial charge in [0.25, 0.3) is 0 Å². The van der Waals surface area contributed by atoms with Crippen LogP contribution in [-0.2, 0) is 23.9 Å². The van der Waals surface area contributed by atoms with Gasteiger partial charge in [0.05, 0.1) is 24.6 Å². The lowest BCUT2D eigenvalue weighted by atomic mass is 9.89. The maximum atomic E-state index is 14.2. The number of rotatable bonds is 19. The number of nitrogens with one attached hydrogen (secondary N) is 2. The molecule has 10 nitrogen and oxygen atoms in total. The molecule has 2 N–H and O–H groups in total. The molecule has 3 rings (SSSR count). The zero-order valence-corrected chi connectivity index (χ0v) is 33.3. The third kappa shape index (κ3) is 10.7. The molecule has 1 heterocycles. The lowest BCUT2D eigenvalue weighted by Gasteiger charge is -2.41. The minimum Gasteiger partial charge on any atom is -0.379 e. The van der Waals surface area contributed by atoms with Crippen LogP contribution in [-0.4, -0.2) is 121 Å². The molecular formula is C39H65N5O5S. The summed E-state index contributed by atoms with van der Waals surface area (Å²) in [5.74, 6) is 0.000828. The van der Waals surface area contributed by atoms with Crippen molar-refractivity contribution in [2.75, 3.05) is 41.1 Å². The van der Waals surface area contributed by atoms with Crippen molar-refractivity contribution < 1.29 is 23.9 Å². The number of carbonyl (C=O) groups is 4. The lowest BCUT2D eigenvalue weighted by Crippen LogP contribution is -2.59. The fourth-order valence-corrected chi connectivity index (χ4v) is 8.78. The number of thioether (sulfide) groups is 1. The van der Waals surface area contributed by atoms with E-state index in [0.717, 1.165) is 25.7 Å². The van der Waals surface area contributed by atoms with E-state index in [1.807, 2.05) is 76.0 Å². The minimum absolute atomic E-state index is 0.0150. The van der Waals surface area contributed by atoms with E-state index in [1.54, 1.807) is 30.8 Å². The highest BCUT2D eigenvalue weighted by Crippen LogP contribution is 2.41. The fourth-order valence-electron chi connectivity index (χ4n) is 7.86. The standard InChI is InChI=1S/C39H65N5O5S/c1-12-26(6)37(43(9)39(48)35(24(2)3)41-38(47)36(25(4)5)42(7)8)31(49-10)22-34(46)44-20-16-19-30(44)32(50-11)23-33(45)40-29-21-28(29)27-17-14-13-15-18-27/h13-15,17-18,24-26,28-32,35-37H,12,16,19-23H2,1-11H3,(H,40,45)(H,41,47). The van der Waals surface area contributed by atoms with E-state index in [-0.39, 0.29) is 77.2 Å². The predicted octanol–water partition coefficient (Wildman–Crippen LogP) is 4.78. The van der Waals surface area contributed by atoms with E-state index >= 15 is 0 Å². The molecule has 9 unspecified atom stereocenters. The van der Waals surface area contributed by atoms with E-state index in [1.165, 1.54) is 5.56 Å². The molecule has 1 aliphatic heterocycles. The highest BCUT2D eigenvalue weighted by molar-refractivity contribution is 7.99. The third-order valence-electron chi connectivity index (χ3n) is 10.9. The quantitative estimate of drug-likeness (QED) is 0.212. The van der Waals surface area contributed by atoms with E-state index in [4.69, 9.17) is 4.74 Å². The number of ether oxygens (including phenoxy) is 1. The Morgan fingerprint density at radius 1 is 1.00 bits per heavy atom. The summed E-state index contributed by atoms with van der Waals surface area (Å²) < 4.78 is 6.04. The Morgan fingerprint density at radius 2 is 1.66 bits per heavy atom. The second kappa shape index (κ2) is 19.3. The van der Waals surface area contributed by atoms with Gasteiger partial charge in [-0.1, -0.05) is 78.3 Å². The lowest BCUT2D eigenvalue weighted by molar-refractivity contribution is -0.146. The molecule has 0 spiro atoms. The summed E-state index contributed by atoms with van der Waals surface area (Å²) in [7, 11) is 7.12. The average Bonchev–Trinajstić information content (AvgIpc) is 3.66. The summed E-state index contributed by atoms with van der Waals surface area (Å²) in [4.78, 5) is 60.4. The van der Waals surface area contributed by atoms with Gasteiger partial charge < -0.3 is 25.2 Å². The van der Waals surface area contributed by atoms with E-state index in [9.17, 15) is 19.2 Å². The van der Waals surface area contributed by atoms with Gasteiger partial charge in [0, 0.05) is 50.4 Å². The van der Waals surface area contributed by atoms with E-state index < -0.39 is 12.1 Å². The molecule has 50 heavy (non-hydrogen) atoms. The average molecular weight is 716 g/mol. The molecule has 282 valence electrons. The van der Waals surface area contributed by atoms with Gasteiger partial charge in [-0.15, -0.1) is 0 Å². The van der Waals surface area contributed by atoms with Crippen molar-refractivity contribution in [3.63, 3.8) is 0 Å². The number of methoxy groups -OCH3 is 1. The molecule has 0 radical (unpaired) electrons. The Morgan fingerprint density at radius 3 is 2.20 bits per heavy atom. The first-order valence-electron chi connectivity index (χ1n) is 18.6. The highest BCUT2D eigenvalue weighted by Gasteiger charge is 2.43. The van der Waals surface area contributed by atoms with Crippen molar-refractivity contribution in [1.29, 1.82) is 0 Å². The maximum absolute atomic E-state index is 14.2. The second-order valence-corrected chi connectivity index (χ2v) is 16.5. The summed E-state index contributed by atoms with van der Waals surface area (Å²) in [6, 6.07) is 8.97. The first-order valence-corrected chi connectivity index (χ1v) is 19.9. The van der Waals surface area contributed by atoms with Gasteiger partial charge in [0.1, 0.15) is 6.04 Å². The molecule has 9 atom stereocenters. The number of nitrogens with zero attached hydrogens (tertiary/aromatic N) is 3. The van der Waals surface area contributed by atoms with Crippen molar-refractivity contribution in [3.05, 3.63) is 35.9 Å². The largest absolute Gasteiger partial charge is 0.379 e. The molecular weight excluding hydrogens is 651 g/mol. The number of carbonyl (C=O) groups excluding carboxylic acids is 4. The van der Waals surface area contributed by atoms with Crippen LogP contribution in [0.5, 0.6) is 0 Å². The molecule has 2 fully saturated rings. The molecule has 0 aromatic heterocycles. The molecule has 1 aromatic carbocycles. The Balaban J connectivity index is 1.70. The molecule has 1 saturated heterocycles. The van der Waals surface area contributed by atoms with Crippen LogP contribution in [0.4, 0.5) is 0 Å². The number of hydrogen-bond acceptors (Lipinski definition) is 7. The van der Waals surface area contributed by atoms with Crippen molar-refractivity contribution in [3.8, 4) is 0 Å². The van der Waals surface area contributed by atoms with E-state index in [0.29, 0.717) is 18.9 Å². The summed E-state index contributed by atoms with van der Waals surface area (Å²) in [5, 5.41) is 6.28. The van der Waals surface area contributed by atoms with Gasteiger partial charge in [0.2, 0.25) is 23.6 Å². The Kier molecular flexibility index (Phi) is 16.1. The monoisotopic (exact) mass is 715 g/mol.